The number of hydrogen-bond acceptors (Lipinski definition) is 1. The summed E-state index contributed by atoms with van der Waals surface area (Å²) in [6.07, 6.45) is 14.0. The first-order valence-electron chi connectivity index (χ1n) is 9.17. The second-order valence-corrected chi connectivity index (χ2v) is 6.71. The summed E-state index contributed by atoms with van der Waals surface area (Å²) in [7, 11) is 0. The van der Waals surface area contributed by atoms with Crippen LogP contribution in [-0.2, 0) is 0 Å². The first kappa shape index (κ1) is 17.1. The Balaban J connectivity index is 1.75. The van der Waals surface area contributed by atoms with Crippen molar-refractivity contribution in [1.82, 2.24) is 0 Å². The molecule has 0 radical (unpaired) electrons. The maximum Gasteiger partial charge on any atom is 0.119 e. The minimum absolute atomic E-state index is 0.728. The minimum Gasteiger partial charge on any atom is -0.493 e. The van der Waals surface area contributed by atoms with E-state index in [4.69, 9.17) is 4.74 Å². The van der Waals surface area contributed by atoms with E-state index in [0.717, 1.165) is 30.6 Å². The van der Waals surface area contributed by atoms with Crippen LogP contribution in [0.5, 0.6) is 5.75 Å². The third-order valence-corrected chi connectivity index (χ3v) is 5.00. The van der Waals surface area contributed by atoms with Gasteiger partial charge in [-0.15, -0.1) is 6.58 Å². The summed E-state index contributed by atoms with van der Waals surface area (Å²) in [6, 6.07) is 8.80. The van der Waals surface area contributed by atoms with Crippen molar-refractivity contribution in [2.75, 3.05) is 6.61 Å². The molecule has 0 N–H and O–H groups in total. The van der Waals surface area contributed by atoms with Gasteiger partial charge in [0.2, 0.25) is 0 Å². The van der Waals surface area contributed by atoms with Crippen molar-refractivity contribution in [3.63, 3.8) is 0 Å². The molecule has 0 heterocycles. The van der Waals surface area contributed by atoms with Crippen molar-refractivity contribution in [3.8, 4) is 5.75 Å². The molecule has 0 aliphatic heterocycles. The molecule has 1 nitrogen and oxygen atoms in total. The van der Waals surface area contributed by atoms with Gasteiger partial charge >= 0.3 is 0 Å². The first-order chi connectivity index (χ1) is 10.8. The quantitative estimate of drug-likeness (QED) is 0.374. The van der Waals surface area contributed by atoms with Crippen LogP contribution in [0.3, 0.4) is 0 Å². The largest absolute Gasteiger partial charge is 0.493 e. The summed E-state index contributed by atoms with van der Waals surface area (Å²) in [5.41, 5.74) is 1.50. The minimum atomic E-state index is 0.728. The zero-order chi connectivity index (χ0) is 15.6. The lowest BCUT2D eigenvalue weighted by Gasteiger charge is -2.29. The van der Waals surface area contributed by atoms with Gasteiger partial charge in [0.15, 0.2) is 0 Å². The molecular formula is C21H32O. The van der Waals surface area contributed by atoms with E-state index in [1.165, 1.54) is 56.9 Å². The van der Waals surface area contributed by atoms with Crippen LogP contribution in [0, 0.1) is 5.92 Å². The summed E-state index contributed by atoms with van der Waals surface area (Å²) in [5, 5.41) is 0. The zero-order valence-corrected chi connectivity index (χ0v) is 14.2. The standard InChI is InChI=1S/C21H32O/c1-3-5-7-8-18-9-11-19(12-10-18)20-13-15-21(16-14-20)22-17-6-4-2/h4,13-16,18-19H,2-3,5-12,17H2,1H3/t18-,19-. The van der Waals surface area contributed by atoms with E-state index in [1.54, 1.807) is 0 Å². The lowest BCUT2D eigenvalue weighted by molar-refractivity contribution is 0.302. The molecule has 0 unspecified atom stereocenters. The third kappa shape index (κ3) is 5.51. The molecule has 0 atom stereocenters. The Morgan fingerprint density at radius 1 is 1.09 bits per heavy atom. The van der Waals surface area contributed by atoms with Crippen LogP contribution < -0.4 is 4.74 Å². The maximum absolute atomic E-state index is 5.69. The molecule has 0 bridgehead atoms. The van der Waals surface area contributed by atoms with Crippen LogP contribution in [0.1, 0.15) is 76.2 Å². The maximum atomic E-state index is 5.69. The van der Waals surface area contributed by atoms with Crippen molar-refractivity contribution >= 4 is 0 Å². The topological polar surface area (TPSA) is 9.23 Å². The Hall–Kier alpha value is -1.24. The van der Waals surface area contributed by atoms with E-state index in [-0.39, 0.29) is 0 Å². The smallest absolute Gasteiger partial charge is 0.119 e. The van der Waals surface area contributed by atoms with Crippen LogP contribution in [0.15, 0.2) is 36.9 Å². The highest BCUT2D eigenvalue weighted by molar-refractivity contribution is 5.29. The van der Waals surface area contributed by atoms with Gasteiger partial charge in [0.25, 0.3) is 0 Å². The van der Waals surface area contributed by atoms with E-state index in [0.29, 0.717) is 0 Å². The van der Waals surface area contributed by atoms with Crippen LogP contribution in [0.4, 0.5) is 0 Å². The fraction of sp³-hybridized carbons (Fsp3) is 0.619. The molecule has 1 aromatic rings. The normalized spacial score (nSPS) is 21.5. The molecule has 2 rings (SSSR count). The average molecular weight is 300 g/mol. The zero-order valence-electron chi connectivity index (χ0n) is 14.2. The van der Waals surface area contributed by atoms with Crippen molar-refractivity contribution in [2.45, 2.75) is 70.6 Å². The Labute approximate surface area is 136 Å². The highest BCUT2D eigenvalue weighted by atomic mass is 16.5. The third-order valence-electron chi connectivity index (χ3n) is 5.00. The van der Waals surface area contributed by atoms with Crippen molar-refractivity contribution in [2.24, 2.45) is 5.92 Å². The van der Waals surface area contributed by atoms with Crippen LogP contribution in [0.2, 0.25) is 0 Å². The summed E-state index contributed by atoms with van der Waals surface area (Å²) >= 11 is 0. The molecule has 1 aromatic carbocycles. The highest BCUT2D eigenvalue weighted by Crippen LogP contribution is 2.38. The Morgan fingerprint density at radius 3 is 2.45 bits per heavy atom. The van der Waals surface area contributed by atoms with Crippen LogP contribution >= 0.6 is 0 Å². The highest BCUT2D eigenvalue weighted by Gasteiger charge is 2.21. The summed E-state index contributed by atoms with van der Waals surface area (Å²) < 4.78 is 5.69. The molecule has 1 aliphatic rings. The van der Waals surface area contributed by atoms with E-state index in [2.05, 4.69) is 37.8 Å². The van der Waals surface area contributed by atoms with E-state index in [9.17, 15) is 0 Å². The molecule has 0 aromatic heterocycles. The summed E-state index contributed by atoms with van der Waals surface area (Å²) in [6.45, 7) is 6.74. The van der Waals surface area contributed by atoms with Gasteiger partial charge in [-0.05, 0) is 61.6 Å². The fourth-order valence-electron chi connectivity index (χ4n) is 3.56. The molecular weight excluding hydrogens is 268 g/mol. The predicted molar refractivity (Wildman–Crippen MR) is 95.6 cm³/mol. The second kappa shape index (κ2) is 9.71. The number of ether oxygens (including phenoxy) is 1. The van der Waals surface area contributed by atoms with Crippen molar-refractivity contribution in [1.29, 1.82) is 0 Å². The van der Waals surface area contributed by atoms with Gasteiger partial charge in [-0.25, -0.2) is 0 Å². The SMILES string of the molecule is C=CCCOc1ccc([C@H]2CC[C@H](CCCCC)CC2)cc1. The summed E-state index contributed by atoms with van der Waals surface area (Å²) in [4.78, 5) is 0. The van der Waals surface area contributed by atoms with Gasteiger partial charge < -0.3 is 4.74 Å². The van der Waals surface area contributed by atoms with E-state index in [1.807, 2.05) is 6.08 Å². The number of rotatable bonds is 9. The number of benzene rings is 1. The summed E-state index contributed by atoms with van der Waals surface area (Å²) in [5.74, 6) is 2.74. The molecule has 122 valence electrons. The van der Waals surface area contributed by atoms with E-state index < -0.39 is 0 Å². The number of hydrogen-bond donors (Lipinski definition) is 0. The Morgan fingerprint density at radius 2 is 1.82 bits per heavy atom. The van der Waals surface area contributed by atoms with Gasteiger partial charge in [0.1, 0.15) is 5.75 Å². The molecule has 1 fully saturated rings. The Bertz CT molecular complexity index is 412. The predicted octanol–water partition coefficient (Wildman–Crippen LogP) is 6.50. The Kier molecular flexibility index (Phi) is 7.56. The van der Waals surface area contributed by atoms with Crippen molar-refractivity contribution < 1.29 is 4.74 Å². The van der Waals surface area contributed by atoms with Crippen LogP contribution in [0.25, 0.3) is 0 Å². The lowest BCUT2D eigenvalue weighted by atomic mass is 9.77. The molecule has 0 saturated heterocycles. The van der Waals surface area contributed by atoms with Crippen molar-refractivity contribution in [3.05, 3.63) is 42.5 Å². The number of unbranched alkanes of at least 4 members (excludes halogenated alkanes) is 2. The molecule has 0 spiro atoms. The molecule has 1 saturated carbocycles. The first-order valence-corrected chi connectivity index (χ1v) is 9.17. The molecule has 0 amide bonds. The second-order valence-electron chi connectivity index (χ2n) is 6.71. The van der Waals surface area contributed by atoms with Gasteiger partial charge in [0, 0.05) is 0 Å². The van der Waals surface area contributed by atoms with E-state index >= 15 is 0 Å². The molecule has 1 aliphatic carbocycles. The monoisotopic (exact) mass is 300 g/mol. The fourth-order valence-corrected chi connectivity index (χ4v) is 3.56. The van der Waals surface area contributed by atoms with Gasteiger partial charge in [-0.1, -0.05) is 50.8 Å². The lowest BCUT2D eigenvalue weighted by Crippen LogP contribution is -2.13. The molecule has 22 heavy (non-hydrogen) atoms. The average Bonchev–Trinajstić information content (AvgIpc) is 2.57. The van der Waals surface area contributed by atoms with Gasteiger partial charge in [-0.3, -0.25) is 0 Å². The van der Waals surface area contributed by atoms with Crippen LogP contribution in [-0.4, -0.2) is 6.61 Å². The van der Waals surface area contributed by atoms with Gasteiger partial charge in [-0.2, -0.15) is 0 Å². The van der Waals surface area contributed by atoms with Gasteiger partial charge in [0.05, 0.1) is 6.61 Å². The molecule has 1 heteroatoms.